The molecule has 5 N–H and O–H groups in total. The van der Waals surface area contributed by atoms with Crippen molar-refractivity contribution in [2.24, 2.45) is 5.73 Å². The van der Waals surface area contributed by atoms with Gasteiger partial charge in [0.25, 0.3) is 5.91 Å². The minimum absolute atomic E-state index is 0.0278. The lowest BCUT2D eigenvalue weighted by atomic mass is 10.0. The van der Waals surface area contributed by atoms with Crippen molar-refractivity contribution in [1.82, 2.24) is 16.0 Å². The number of hydrogen-bond acceptors (Lipinski definition) is 7. The number of hydrogen-bond donors (Lipinski definition) is 4. The third-order valence-electron chi connectivity index (χ3n) is 8.56. The molecule has 1 aliphatic rings. The van der Waals surface area contributed by atoms with Gasteiger partial charge in [0.1, 0.15) is 24.4 Å². The molecule has 1 heterocycles. The number of carbonyl (C=O) groups excluding carboxylic acids is 5. The standard InChI is InChI=1S/C40H43N5O6/c1-27(43-34(46)25-28-19-21-30(22-20-28)37(48)29-13-5-2-6-14-29)39(49)44-36-38(31-15-7-3-8-16-31)51-33-18-10-9-17-32(33)45(40(36)50)26-35(47)42-24-12-4-11-23-41/h2-3,5-10,13-22,27,36,38H,4,11-12,23-26,41H2,1H3,(H,42,47)(H,43,46)(H,44,49)/t27-,36+,38-/m0/s1. The van der Waals surface area contributed by atoms with Crippen LogP contribution in [-0.2, 0) is 25.6 Å². The monoisotopic (exact) mass is 689 g/mol. The number of nitrogens with one attached hydrogen (secondary N) is 3. The predicted octanol–water partition coefficient (Wildman–Crippen LogP) is 3.86. The molecule has 11 nitrogen and oxygen atoms in total. The van der Waals surface area contributed by atoms with Crippen molar-refractivity contribution in [2.45, 2.75) is 50.8 Å². The lowest BCUT2D eigenvalue weighted by molar-refractivity contribution is -0.132. The van der Waals surface area contributed by atoms with Gasteiger partial charge >= 0.3 is 0 Å². The maximum absolute atomic E-state index is 14.4. The van der Waals surface area contributed by atoms with Crippen LogP contribution in [0.2, 0.25) is 0 Å². The summed E-state index contributed by atoms with van der Waals surface area (Å²) in [6, 6.07) is 29.4. The Hall–Kier alpha value is -5.81. The van der Waals surface area contributed by atoms with E-state index in [0.29, 0.717) is 46.8 Å². The molecule has 11 heteroatoms. The molecular weight excluding hydrogens is 646 g/mol. The van der Waals surface area contributed by atoms with Gasteiger partial charge in [-0.15, -0.1) is 0 Å². The topological polar surface area (TPSA) is 160 Å². The summed E-state index contributed by atoms with van der Waals surface area (Å²) in [7, 11) is 0. The molecule has 4 aromatic rings. The van der Waals surface area contributed by atoms with Crippen LogP contribution in [-0.4, -0.2) is 61.1 Å². The SMILES string of the molecule is C[C@H](NC(=O)Cc1ccc(C(=O)c2ccccc2)cc1)C(=O)N[C@H]1C(=O)N(CC(=O)NCCCCCN)c2ccccc2O[C@H]1c1ccccc1. The highest BCUT2D eigenvalue weighted by Crippen LogP contribution is 2.37. The fourth-order valence-corrected chi connectivity index (χ4v) is 5.83. The smallest absolute Gasteiger partial charge is 0.254 e. The molecule has 0 saturated carbocycles. The maximum Gasteiger partial charge on any atom is 0.254 e. The number of fused-ring (bicyclic) bond motifs is 1. The summed E-state index contributed by atoms with van der Waals surface area (Å²) in [6.07, 6.45) is 1.53. The van der Waals surface area contributed by atoms with Gasteiger partial charge in [-0.2, -0.15) is 0 Å². The number of anilines is 1. The first-order chi connectivity index (χ1) is 24.7. The molecule has 0 fully saturated rings. The Morgan fingerprint density at radius 2 is 1.43 bits per heavy atom. The lowest BCUT2D eigenvalue weighted by Gasteiger charge is -2.29. The number of ether oxygens (including phenoxy) is 1. The van der Waals surface area contributed by atoms with Gasteiger partial charge in [0, 0.05) is 17.7 Å². The van der Waals surface area contributed by atoms with Crippen LogP contribution in [0.15, 0.2) is 109 Å². The Balaban J connectivity index is 1.28. The fraction of sp³-hybridized carbons (Fsp3) is 0.275. The highest BCUT2D eigenvalue weighted by Gasteiger charge is 2.41. The summed E-state index contributed by atoms with van der Waals surface area (Å²) in [5.74, 6) is -1.66. The van der Waals surface area contributed by atoms with Crippen LogP contribution < -0.4 is 31.3 Å². The second-order valence-electron chi connectivity index (χ2n) is 12.4. The number of amides is 4. The highest BCUT2D eigenvalue weighted by molar-refractivity contribution is 6.09. The van der Waals surface area contributed by atoms with E-state index < -0.39 is 35.9 Å². The Bertz CT molecular complexity index is 1820. The molecule has 1 aliphatic heterocycles. The Labute approximate surface area is 297 Å². The van der Waals surface area contributed by atoms with Gasteiger partial charge in [-0.1, -0.05) is 103 Å². The molecule has 4 aromatic carbocycles. The molecule has 0 unspecified atom stereocenters. The summed E-state index contributed by atoms with van der Waals surface area (Å²) in [6.45, 7) is 2.27. The van der Waals surface area contributed by atoms with E-state index >= 15 is 0 Å². The van der Waals surface area contributed by atoms with E-state index in [4.69, 9.17) is 10.5 Å². The van der Waals surface area contributed by atoms with Gasteiger partial charge in [-0.05, 0) is 49.6 Å². The Kier molecular flexibility index (Phi) is 12.7. The normalized spacial score (nSPS) is 15.8. The quantitative estimate of drug-likeness (QED) is 0.109. The second-order valence-corrected chi connectivity index (χ2v) is 12.4. The van der Waals surface area contributed by atoms with E-state index in [1.807, 2.05) is 24.3 Å². The first-order valence-electron chi connectivity index (χ1n) is 17.1. The molecule has 0 radical (unpaired) electrons. The molecule has 0 aliphatic carbocycles. The molecule has 264 valence electrons. The zero-order chi connectivity index (χ0) is 36.2. The number of rotatable bonds is 15. The Morgan fingerprint density at radius 1 is 0.784 bits per heavy atom. The van der Waals surface area contributed by atoms with Gasteiger partial charge in [-0.25, -0.2) is 0 Å². The third kappa shape index (κ3) is 9.67. The average molecular weight is 690 g/mol. The number of ketones is 1. The zero-order valence-electron chi connectivity index (χ0n) is 28.5. The van der Waals surface area contributed by atoms with E-state index in [2.05, 4.69) is 16.0 Å². The molecule has 3 atom stereocenters. The van der Waals surface area contributed by atoms with Gasteiger partial charge in [0.15, 0.2) is 11.9 Å². The van der Waals surface area contributed by atoms with Crippen LogP contribution in [0.1, 0.15) is 59.3 Å². The molecule has 5 rings (SSSR count). The van der Waals surface area contributed by atoms with Crippen LogP contribution in [0.4, 0.5) is 5.69 Å². The number of benzene rings is 4. The van der Waals surface area contributed by atoms with E-state index in [0.717, 1.165) is 19.3 Å². The van der Waals surface area contributed by atoms with Gasteiger partial charge in [-0.3, -0.25) is 28.9 Å². The van der Waals surface area contributed by atoms with Crippen LogP contribution in [0, 0.1) is 0 Å². The fourth-order valence-electron chi connectivity index (χ4n) is 5.83. The van der Waals surface area contributed by atoms with Gasteiger partial charge in [0.2, 0.25) is 17.7 Å². The van der Waals surface area contributed by atoms with Crippen LogP contribution in [0.5, 0.6) is 5.75 Å². The van der Waals surface area contributed by atoms with Crippen LogP contribution >= 0.6 is 0 Å². The van der Waals surface area contributed by atoms with Crippen LogP contribution in [0.25, 0.3) is 0 Å². The van der Waals surface area contributed by atoms with Crippen molar-refractivity contribution in [2.75, 3.05) is 24.5 Å². The number of carbonyl (C=O) groups is 5. The number of nitrogens with zero attached hydrogens (tertiary/aromatic N) is 1. The third-order valence-corrected chi connectivity index (χ3v) is 8.56. The second kappa shape index (κ2) is 17.7. The number of para-hydroxylation sites is 2. The van der Waals surface area contributed by atoms with Crippen LogP contribution in [0.3, 0.4) is 0 Å². The van der Waals surface area contributed by atoms with Crippen molar-refractivity contribution in [3.05, 3.63) is 131 Å². The lowest BCUT2D eigenvalue weighted by Crippen LogP contribution is -2.56. The maximum atomic E-state index is 14.4. The van der Waals surface area contributed by atoms with Gasteiger partial charge in [0.05, 0.1) is 12.1 Å². The van der Waals surface area contributed by atoms with Crippen molar-refractivity contribution in [3.63, 3.8) is 0 Å². The summed E-state index contributed by atoms with van der Waals surface area (Å²) in [5.41, 5.74) is 8.34. The van der Waals surface area contributed by atoms with E-state index in [1.54, 1.807) is 84.9 Å². The van der Waals surface area contributed by atoms with Crippen molar-refractivity contribution in [1.29, 1.82) is 0 Å². The summed E-state index contributed by atoms with van der Waals surface area (Å²) in [5, 5.41) is 8.39. The van der Waals surface area contributed by atoms with E-state index in [9.17, 15) is 24.0 Å². The first-order valence-corrected chi connectivity index (χ1v) is 17.1. The highest BCUT2D eigenvalue weighted by atomic mass is 16.5. The summed E-state index contributed by atoms with van der Waals surface area (Å²) >= 11 is 0. The molecule has 0 spiro atoms. The largest absolute Gasteiger partial charge is 0.481 e. The summed E-state index contributed by atoms with van der Waals surface area (Å²) < 4.78 is 6.43. The molecule has 51 heavy (non-hydrogen) atoms. The molecular formula is C40H43N5O6. The minimum atomic E-state index is -1.24. The van der Waals surface area contributed by atoms with E-state index in [-0.39, 0.29) is 24.7 Å². The zero-order valence-corrected chi connectivity index (χ0v) is 28.5. The van der Waals surface area contributed by atoms with Crippen molar-refractivity contribution >= 4 is 35.1 Å². The minimum Gasteiger partial charge on any atom is -0.481 e. The molecule has 4 amide bonds. The molecule has 0 saturated heterocycles. The Morgan fingerprint density at radius 3 is 2.14 bits per heavy atom. The van der Waals surface area contributed by atoms with E-state index in [1.165, 1.54) is 11.8 Å². The molecule has 0 aromatic heterocycles. The molecule has 0 bridgehead atoms. The number of unbranched alkanes of at least 4 members (excludes halogenated alkanes) is 2. The van der Waals surface area contributed by atoms with Gasteiger partial charge < -0.3 is 26.4 Å². The average Bonchev–Trinajstić information content (AvgIpc) is 3.26. The van der Waals surface area contributed by atoms with Crippen molar-refractivity contribution in [3.8, 4) is 5.75 Å². The predicted molar refractivity (Wildman–Crippen MR) is 194 cm³/mol. The van der Waals surface area contributed by atoms with Crippen molar-refractivity contribution < 1.29 is 28.7 Å². The summed E-state index contributed by atoms with van der Waals surface area (Å²) in [4.78, 5) is 68.2. The first kappa shape index (κ1) is 36.5. The number of nitrogens with two attached hydrogens (primary N) is 1.